The van der Waals surface area contributed by atoms with Crippen molar-refractivity contribution in [2.45, 2.75) is 64.7 Å². The number of carboxylic acid groups (broad SMARTS) is 1. The second-order valence-corrected chi connectivity index (χ2v) is 8.42. The van der Waals surface area contributed by atoms with Gasteiger partial charge in [0.15, 0.2) is 0 Å². The summed E-state index contributed by atoms with van der Waals surface area (Å²) in [4.78, 5) is 38.1. The van der Waals surface area contributed by atoms with Crippen LogP contribution in [0.5, 0.6) is 0 Å². The molecule has 2 aliphatic rings. The Bertz CT molecular complexity index is 726. The molecule has 1 aromatic heterocycles. The summed E-state index contributed by atoms with van der Waals surface area (Å²) in [7, 11) is 0. The van der Waals surface area contributed by atoms with E-state index in [-0.39, 0.29) is 12.5 Å². The highest BCUT2D eigenvalue weighted by Gasteiger charge is 2.37. The van der Waals surface area contributed by atoms with Crippen LogP contribution in [0.25, 0.3) is 0 Å². The van der Waals surface area contributed by atoms with Gasteiger partial charge in [-0.3, -0.25) is 9.59 Å². The fourth-order valence-electron chi connectivity index (χ4n) is 4.19. The zero-order valence-corrected chi connectivity index (χ0v) is 16.5. The predicted octanol–water partition coefficient (Wildman–Crippen LogP) is 4.02. The number of nitrogens with one attached hydrogen (secondary N) is 1. The topological polar surface area (TPSA) is 92.7 Å². The van der Waals surface area contributed by atoms with Crippen molar-refractivity contribution in [2.24, 2.45) is 11.8 Å². The zero-order valence-electron chi connectivity index (χ0n) is 15.7. The highest BCUT2D eigenvalue weighted by atomic mass is 32.1. The van der Waals surface area contributed by atoms with E-state index in [9.17, 15) is 19.5 Å². The van der Waals surface area contributed by atoms with E-state index in [1.54, 1.807) is 6.92 Å². The highest BCUT2D eigenvalue weighted by Crippen LogP contribution is 2.39. The van der Waals surface area contributed by atoms with Crippen molar-refractivity contribution in [1.82, 2.24) is 0 Å². The van der Waals surface area contributed by atoms with E-state index in [1.807, 2.05) is 0 Å². The van der Waals surface area contributed by atoms with E-state index in [1.165, 1.54) is 11.3 Å². The molecule has 0 saturated heterocycles. The van der Waals surface area contributed by atoms with Crippen LogP contribution < -0.4 is 5.32 Å². The molecular weight excluding hydrogens is 366 g/mol. The first-order valence-corrected chi connectivity index (χ1v) is 10.7. The van der Waals surface area contributed by atoms with E-state index in [0.29, 0.717) is 23.4 Å². The molecule has 1 saturated carbocycles. The lowest BCUT2D eigenvalue weighted by Crippen LogP contribution is -2.36. The number of hydrogen-bond acceptors (Lipinski definition) is 5. The molecule has 1 amide bonds. The van der Waals surface area contributed by atoms with Crippen LogP contribution in [0.4, 0.5) is 5.00 Å². The summed E-state index contributed by atoms with van der Waals surface area (Å²) in [6, 6.07) is 0. The normalized spacial score (nSPS) is 22.4. The van der Waals surface area contributed by atoms with Crippen LogP contribution in [-0.2, 0) is 27.2 Å². The molecule has 0 aromatic carbocycles. The molecule has 27 heavy (non-hydrogen) atoms. The Balaban J connectivity index is 1.88. The van der Waals surface area contributed by atoms with Gasteiger partial charge in [0, 0.05) is 4.88 Å². The van der Waals surface area contributed by atoms with Crippen molar-refractivity contribution in [2.75, 3.05) is 11.9 Å². The number of esters is 1. The molecule has 7 heteroatoms. The van der Waals surface area contributed by atoms with Gasteiger partial charge >= 0.3 is 11.9 Å². The first kappa shape index (κ1) is 19.9. The molecular formula is C20H27NO5S. The third-order valence-corrected chi connectivity index (χ3v) is 6.76. The Morgan fingerprint density at radius 2 is 1.78 bits per heavy atom. The fraction of sp³-hybridized carbons (Fsp3) is 0.650. The first-order chi connectivity index (χ1) is 13.0. The van der Waals surface area contributed by atoms with Gasteiger partial charge in [-0.15, -0.1) is 11.3 Å². The predicted molar refractivity (Wildman–Crippen MR) is 103 cm³/mol. The summed E-state index contributed by atoms with van der Waals surface area (Å²) in [6.45, 7) is 2.04. The van der Waals surface area contributed by atoms with Gasteiger partial charge in [0.1, 0.15) is 5.00 Å². The summed E-state index contributed by atoms with van der Waals surface area (Å²) in [5.41, 5.74) is 1.49. The van der Waals surface area contributed by atoms with Crippen LogP contribution in [0, 0.1) is 11.8 Å². The smallest absolute Gasteiger partial charge is 0.341 e. The monoisotopic (exact) mass is 393 g/mol. The van der Waals surface area contributed by atoms with E-state index in [4.69, 9.17) is 4.74 Å². The van der Waals surface area contributed by atoms with Crippen molar-refractivity contribution in [3.63, 3.8) is 0 Å². The van der Waals surface area contributed by atoms with Crippen molar-refractivity contribution >= 4 is 34.2 Å². The second-order valence-electron chi connectivity index (χ2n) is 7.31. The minimum absolute atomic E-state index is 0.278. The Kier molecular flexibility index (Phi) is 6.52. The molecule has 3 rings (SSSR count). The molecule has 0 spiro atoms. The number of rotatable bonds is 5. The van der Waals surface area contributed by atoms with Gasteiger partial charge in [0.25, 0.3) is 0 Å². The largest absolute Gasteiger partial charge is 0.481 e. The number of carboxylic acids is 1. The maximum Gasteiger partial charge on any atom is 0.341 e. The summed E-state index contributed by atoms with van der Waals surface area (Å²) < 4.78 is 5.24. The SMILES string of the molecule is CCOC(=O)c1c(NC(=O)[C@@H]2CCCC[C@@H]2C(=O)O)sc2c1CCCCC2. The van der Waals surface area contributed by atoms with Crippen LogP contribution >= 0.6 is 11.3 Å². The zero-order chi connectivity index (χ0) is 19.4. The molecule has 6 nitrogen and oxygen atoms in total. The molecule has 2 atom stereocenters. The second kappa shape index (κ2) is 8.87. The lowest BCUT2D eigenvalue weighted by molar-refractivity contribution is -0.147. The van der Waals surface area contributed by atoms with Crippen LogP contribution in [0.1, 0.15) is 72.7 Å². The molecule has 1 fully saturated rings. The Morgan fingerprint density at radius 1 is 1.07 bits per heavy atom. The molecule has 0 bridgehead atoms. The average molecular weight is 394 g/mol. The molecule has 148 valence electrons. The number of aryl methyl sites for hydroxylation is 1. The van der Waals surface area contributed by atoms with E-state index in [2.05, 4.69) is 5.32 Å². The van der Waals surface area contributed by atoms with Gasteiger partial charge in [0.2, 0.25) is 5.91 Å². The number of amides is 1. The van der Waals surface area contributed by atoms with E-state index >= 15 is 0 Å². The van der Waals surface area contributed by atoms with Gasteiger partial charge in [-0.2, -0.15) is 0 Å². The summed E-state index contributed by atoms with van der Waals surface area (Å²) in [5.74, 6) is -2.80. The molecule has 0 aliphatic heterocycles. The summed E-state index contributed by atoms with van der Waals surface area (Å²) in [5, 5.41) is 12.9. The number of hydrogen-bond donors (Lipinski definition) is 2. The fourth-order valence-corrected chi connectivity index (χ4v) is 5.48. The average Bonchev–Trinajstić information content (AvgIpc) is 2.82. The van der Waals surface area contributed by atoms with E-state index in [0.717, 1.165) is 55.4 Å². The summed E-state index contributed by atoms with van der Waals surface area (Å²) >= 11 is 1.45. The Morgan fingerprint density at radius 3 is 2.48 bits per heavy atom. The molecule has 2 N–H and O–H groups in total. The third-order valence-electron chi connectivity index (χ3n) is 5.56. The molecule has 1 heterocycles. The number of fused-ring (bicyclic) bond motifs is 1. The van der Waals surface area contributed by atoms with Crippen molar-refractivity contribution in [3.8, 4) is 0 Å². The molecule has 2 aliphatic carbocycles. The lowest BCUT2D eigenvalue weighted by Gasteiger charge is -2.27. The molecule has 0 unspecified atom stereocenters. The minimum atomic E-state index is -0.914. The quantitative estimate of drug-likeness (QED) is 0.582. The Labute approximate surface area is 163 Å². The van der Waals surface area contributed by atoms with Gasteiger partial charge in [-0.05, 0) is 51.0 Å². The van der Waals surface area contributed by atoms with Crippen molar-refractivity contribution in [1.29, 1.82) is 0 Å². The number of carbonyl (C=O) groups is 3. The van der Waals surface area contributed by atoms with Crippen molar-refractivity contribution in [3.05, 3.63) is 16.0 Å². The third kappa shape index (κ3) is 4.34. The summed E-state index contributed by atoms with van der Waals surface area (Å²) in [6.07, 6.45) is 7.74. The Hall–Kier alpha value is -1.89. The number of ether oxygens (including phenoxy) is 1. The number of thiophene rings is 1. The van der Waals surface area contributed by atoms with Gasteiger partial charge in [-0.25, -0.2) is 4.79 Å². The van der Waals surface area contributed by atoms with Gasteiger partial charge in [0.05, 0.1) is 24.0 Å². The lowest BCUT2D eigenvalue weighted by atomic mass is 9.79. The number of aliphatic carboxylic acids is 1. The van der Waals surface area contributed by atoms with Gasteiger partial charge in [-0.1, -0.05) is 19.3 Å². The first-order valence-electron chi connectivity index (χ1n) is 9.88. The highest BCUT2D eigenvalue weighted by molar-refractivity contribution is 7.17. The molecule has 0 radical (unpaired) electrons. The maximum atomic E-state index is 12.9. The van der Waals surface area contributed by atoms with Crippen LogP contribution in [0.15, 0.2) is 0 Å². The van der Waals surface area contributed by atoms with Crippen molar-refractivity contribution < 1.29 is 24.2 Å². The number of carbonyl (C=O) groups excluding carboxylic acids is 2. The van der Waals surface area contributed by atoms with E-state index < -0.39 is 23.8 Å². The minimum Gasteiger partial charge on any atom is -0.481 e. The van der Waals surface area contributed by atoms with Crippen LogP contribution in [0.3, 0.4) is 0 Å². The van der Waals surface area contributed by atoms with Gasteiger partial charge < -0.3 is 15.2 Å². The number of anilines is 1. The standard InChI is InChI=1S/C20H27NO5S/c1-2-26-20(25)16-14-10-4-3-5-11-15(14)27-18(16)21-17(22)12-8-6-7-9-13(12)19(23)24/h12-13H,2-11H2,1H3,(H,21,22)(H,23,24)/t12-,13+/m1/s1. The van der Waals surface area contributed by atoms with Crippen LogP contribution in [0.2, 0.25) is 0 Å². The van der Waals surface area contributed by atoms with Crippen LogP contribution in [-0.4, -0.2) is 29.6 Å². The maximum absolute atomic E-state index is 12.9. The molecule has 1 aromatic rings.